The van der Waals surface area contributed by atoms with Crippen LogP contribution in [0.4, 0.5) is 4.79 Å². The number of carbonyl (C=O) groups excluding carboxylic acids is 2. The van der Waals surface area contributed by atoms with Gasteiger partial charge in [0.1, 0.15) is 10.5 Å². The molecule has 1 heterocycles. The molecule has 10 nitrogen and oxygen atoms in total. The Kier molecular flexibility index (Phi) is 8.13. The highest BCUT2D eigenvalue weighted by molar-refractivity contribution is 7.89. The van der Waals surface area contributed by atoms with Crippen LogP contribution in [0.2, 0.25) is 0 Å². The number of carbonyl (C=O) groups is 2. The molecule has 0 N–H and O–H groups in total. The van der Waals surface area contributed by atoms with Crippen LogP contribution < -0.4 is 9.47 Å². The molecule has 32 heavy (non-hydrogen) atoms. The van der Waals surface area contributed by atoms with E-state index >= 15 is 0 Å². The number of ether oxygens (including phenoxy) is 4. The summed E-state index contributed by atoms with van der Waals surface area (Å²) in [5.74, 6) is -0.328. The number of hydrogen-bond acceptors (Lipinski definition) is 8. The monoisotopic (exact) mass is 470 g/mol. The van der Waals surface area contributed by atoms with Gasteiger partial charge in [-0.05, 0) is 44.5 Å². The van der Waals surface area contributed by atoms with E-state index in [4.69, 9.17) is 14.2 Å². The minimum absolute atomic E-state index is 0.0530. The van der Waals surface area contributed by atoms with Gasteiger partial charge < -0.3 is 23.8 Å². The van der Waals surface area contributed by atoms with Crippen LogP contribution in [0.25, 0.3) is 6.08 Å². The van der Waals surface area contributed by atoms with Crippen molar-refractivity contribution in [1.29, 1.82) is 0 Å². The van der Waals surface area contributed by atoms with E-state index in [1.165, 1.54) is 48.8 Å². The lowest BCUT2D eigenvalue weighted by Gasteiger charge is -2.35. The van der Waals surface area contributed by atoms with Crippen molar-refractivity contribution in [1.82, 2.24) is 9.21 Å². The first kappa shape index (κ1) is 25.5. The lowest BCUT2D eigenvalue weighted by atomic mass is 10.2. The van der Waals surface area contributed by atoms with E-state index in [9.17, 15) is 18.0 Å². The molecule has 11 heteroatoms. The van der Waals surface area contributed by atoms with Gasteiger partial charge in [-0.1, -0.05) is 0 Å². The van der Waals surface area contributed by atoms with Crippen molar-refractivity contribution in [2.24, 2.45) is 0 Å². The third-order valence-electron chi connectivity index (χ3n) is 4.59. The molecule has 0 saturated carbocycles. The molecule has 0 radical (unpaired) electrons. The highest BCUT2D eigenvalue weighted by Crippen LogP contribution is 2.37. The topological polar surface area (TPSA) is 112 Å². The largest absolute Gasteiger partial charge is 0.493 e. The van der Waals surface area contributed by atoms with Gasteiger partial charge in [0, 0.05) is 32.3 Å². The molecule has 1 fully saturated rings. The van der Waals surface area contributed by atoms with Crippen LogP contribution in [0, 0.1) is 0 Å². The van der Waals surface area contributed by atoms with Gasteiger partial charge >= 0.3 is 12.1 Å². The van der Waals surface area contributed by atoms with Gasteiger partial charge in [-0.3, -0.25) is 0 Å². The average molecular weight is 471 g/mol. The second kappa shape index (κ2) is 10.2. The van der Waals surface area contributed by atoms with Crippen molar-refractivity contribution in [2.45, 2.75) is 31.3 Å². The molecule has 1 aromatic rings. The first-order valence-electron chi connectivity index (χ1n) is 9.93. The van der Waals surface area contributed by atoms with Crippen LogP contribution in [0.1, 0.15) is 26.3 Å². The molecule has 178 valence electrons. The van der Waals surface area contributed by atoms with Gasteiger partial charge in [0.15, 0.2) is 11.5 Å². The maximum Gasteiger partial charge on any atom is 0.410 e. The van der Waals surface area contributed by atoms with Crippen molar-refractivity contribution in [3.63, 3.8) is 0 Å². The van der Waals surface area contributed by atoms with E-state index in [1.54, 1.807) is 26.8 Å². The summed E-state index contributed by atoms with van der Waals surface area (Å²) in [6.07, 6.45) is 2.12. The van der Waals surface area contributed by atoms with Crippen LogP contribution in [0.15, 0.2) is 23.1 Å². The molecule has 1 aromatic carbocycles. The van der Waals surface area contributed by atoms with E-state index in [-0.39, 0.29) is 42.6 Å². The highest BCUT2D eigenvalue weighted by atomic mass is 32.2. The second-order valence-corrected chi connectivity index (χ2v) is 9.89. The van der Waals surface area contributed by atoms with Crippen molar-refractivity contribution in [3.8, 4) is 11.5 Å². The van der Waals surface area contributed by atoms with Gasteiger partial charge in [-0.15, -0.1) is 0 Å². The lowest BCUT2D eigenvalue weighted by molar-refractivity contribution is -0.134. The molecular formula is C21H30N2O8S. The Labute approximate surface area is 188 Å². The summed E-state index contributed by atoms with van der Waals surface area (Å²) in [7, 11) is -0.00562. The zero-order valence-corrected chi connectivity index (χ0v) is 20.0. The van der Waals surface area contributed by atoms with E-state index < -0.39 is 27.7 Å². The minimum Gasteiger partial charge on any atom is -0.493 e. The SMILES string of the molecule is COC(=O)/C=C/c1cc(OC)c(OC)c(S(=O)(=O)N2CCN(C(=O)OC(C)(C)C)CC2)c1. The van der Waals surface area contributed by atoms with Crippen molar-refractivity contribution >= 4 is 28.2 Å². The van der Waals surface area contributed by atoms with E-state index in [1.807, 2.05) is 0 Å². The summed E-state index contributed by atoms with van der Waals surface area (Å²) in [4.78, 5) is 25.1. The number of benzene rings is 1. The molecule has 0 bridgehead atoms. The molecule has 0 unspecified atom stereocenters. The number of sulfonamides is 1. The van der Waals surface area contributed by atoms with Crippen LogP contribution >= 0.6 is 0 Å². The predicted molar refractivity (Wildman–Crippen MR) is 117 cm³/mol. The number of amides is 1. The molecule has 2 rings (SSSR count). The Hall–Kier alpha value is -2.79. The van der Waals surface area contributed by atoms with Crippen molar-refractivity contribution in [2.75, 3.05) is 47.5 Å². The molecule has 0 aliphatic carbocycles. The summed E-state index contributed by atoms with van der Waals surface area (Å²) in [5.41, 5.74) is -0.221. The summed E-state index contributed by atoms with van der Waals surface area (Å²) in [6.45, 7) is 5.88. The fourth-order valence-corrected chi connectivity index (χ4v) is 4.67. The number of methoxy groups -OCH3 is 3. The Morgan fingerprint density at radius 2 is 1.62 bits per heavy atom. The van der Waals surface area contributed by atoms with Crippen LogP contribution in [-0.4, -0.2) is 82.8 Å². The first-order chi connectivity index (χ1) is 14.9. The summed E-state index contributed by atoms with van der Waals surface area (Å²) >= 11 is 0. The molecule has 0 atom stereocenters. The summed E-state index contributed by atoms with van der Waals surface area (Å²) < 4.78 is 48.7. The Morgan fingerprint density at radius 1 is 1.00 bits per heavy atom. The third kappa shape index (κ3) is 6.13. The zero-order chi connectivity index (χ0) is 24.1. The number of hydrogen-bond donors (Lipinski definition) is 0. The average Bonchev–Trinajstić information content (AvgIpc) is 2.75. The smallest absolute Gasteiger partial charge is 0.410 e. The van der Waals surface area contributed by atoms with E-state index in [0.717, 1.165) is 0 Å². The number of piperazine rings is 1. The van der Waals surface area contributed by atoms with Gasteiger partial charge in [0.25, 0.3) is 0 Å². The Morgan fingerprint density at radius 3 is 2.12 bits per heavy atom. The van der Waals surface area contributed by atoms with Crippen molar-refractivity contribution in [3.05, 3.63) is 23.8 Å². The fraction of sp³-hybridized carbons (Fsp3) is 0.524. The van der Waals surface area contributed by atoms with Crippen LogP contribution in [-0.2, 0) is 24.3 Å². The molecule has 1 amide bonds. The molecule has 1 aliphatic rings. The van der Waals surface area contributed by atoms with E-state index in [2.05, 4.69) is 4.74 Å². The summed E-state index contributed by atoms with van der Waals surface area (Å²) in [5, 5.41) is 0. The van der Waals surface area contributed by atoms with Gasteiger partial charge in [-0.25, -0.2) is 18.0 Å². The van der Waals surface area contributed by atoms with Gasteiger partial charge in [-0.2, -0.15) is 4.31 Å². The normalized spacial score (nSPS) is 15.5. The quantitative estimate of drug-likeness (QED) is 0.459. The zero-order valence-electron chi connectivity index (χ0n) is 19.2. The first-order valence-corrected chi connectivity index (χ1v) is 11.4. The second-order valence-electron chi connectivity index (χ2n) is 7.98. The Balaban J connectivity index is 2.32. The molecule has 0 spiro atoms. The van der Waals surface area contributed by atoms with Crippen molar-refractivity contribution < 1.29 is 37.0 Å². The predicted octanol–water partition coefficient (Wildman–Crippen LogP) is 2.13. The maximum atomic E-state index is 13.4. The summed E-state index contributed by atoms with van der Waals surface area (Å²) in [6, 6.07) is 2.95. The van der Waals surface area contributed by atoms with Crippen LogP contribution in [0.3, 0.4) is 0 Å². The lowest BCUT2D eigenvalue weighted by Crippen LogP contribution is -2.51. The molecule has 0 aromatic heterocycles. The van der Waals surface area contributed by atoms with Gasteiger partial charge in [0.2, 0.25) is 10.0 Å². The Bertz CT molecular complexity index is 974. The number of rotatable bonds is 6. The number of esters is 1. The van der Waals surface area contributed by atoms with E-state index in [0.29, 0.717) is 5.56 Å². The standard InChI is InChI=1S/C21H30N2O8S/c1-21(2,3)31-20(25)22-9-11-23(12-10-22)32(26,27)17-14-15(7-8-18(24)29-5)13-16(28-4)19(17)30-6/h7-8,13-14H,9-12H2,1-6H3/b8-7+. The molecule has 1 aliphatic heterocycles. The maximum absolute atomic E-state index is 13.4. The highest BCUT2D eigenvalue weighted by Gasteiger charge is 2.34. The fourth-order valence-electron chi connectivity index (χ4n) is 3.05. The minimum atomic E-state index is -3.99. The molecular weight excluding hydrogens is 440 g/mol. The molecule has 1 saturated heterocycles. The van der Waals surface area contributed by atoms with Crippen LogP contribution in [0.5, 0.6) is 11.5 Å². The van der Waals surface area contributed by atoms with Gasteiger partial charge in [0.05, 0.1) is 21.3 Å². The third-order valence-corrected chi connectivity index (χ3v) is 6.49. The number of nitrogens with zero attached hydrogens (tertiary/aromatic N) is 2.